The Kier molecular flexibility index (Phi) is 5.37. The number of carbonyl (C=O) groups excluding carboxylic acids is 1. The molecule has 29 heavy (non-hydrogen) atoms. The third-order valence-electron chi connectivity index (χ3n) is 4.38. The van der Waals surface area contributed by atoms with E-state index in [4.69, 9.17) is 4.74 Å². The van der Waals surface area contributed by atoms with Crippen molar-refractivity contribution in [1.29, 1.82) is 0 Å². The van der Waals surface area contributed by atoms with Gasteiger partial charge >= 0.3 is 0 Å². The minimum absolute atomic E-state index is 0.0143. The molecule has 0 spiro atoms. The Labute approximate surface area is 175 Å². The van der Waals surface area contributed by atoms with Gasteiger partial charge in [0.2, 0.25) is 0 Å². The van der Waals surface area contributed by atoms with E-state index in [1.165, 1.54) is 21.9 Å². The Morgan fingerprint density at radius 1 is 1.21 bits per heavy atom. The molecular formula is C21H17N3O3S2. The number of nitrogens with one attached hydrogen (secondary N) is 1. The number of fused-ring (bicyclic) bond motifs is 1. The quantitative estimate of drug-likeness (QED) is 0.482. The molecule has 0 atom stereocenters. The first-order chi connectivity index (χ1) is 14.1. The van der Waals surface area contributed by atoms with Crippen molar-refractivity contribution in [2.75, 3.05) is 18.7 Å². The zero-order valence-corrected chi connectivity index (χ0v) is 17.3. The topological polar surface area (TPSA) is 72.7 Å². The van der Waals surface area contributed by atoms with Crippen LogP contribution in [0.4, 0.5) is 5.69 Å². The van der Waals surface area contributed by atoms with Crippen LogP contribution in [0.15, 0.2) is 69.8 Å². The van der Waals surface area contributed by atoms with Crippen LogP contribution < -0.4 is 15.6 Å². The van der Waals surface area contributed by atoms with E-state index < -0.39 is 11.5 Å². The van der Waals surface area contributed by atoms with Gasteiger partial charge in [-0.2, -0.15) is 0 Å². The number of aromatic nitrogens is 2. The summed E-state index contributed by atoms with van der Waals surface area (Å²) >= 11 is 2.92. The number of hydrogen-bond donors (Lipinski definition) is 1. The molecule has 0 aliphatic heterocycles. The van der Waals surface area contributed by atoms with Crippen LogP contribution in [0.2, 0.25) is 0 Å². The second-order valence-corrected chi connectivity index (χ2v) is 7.85. The van der Waals surface area contributed by atoms with E-state index in [9.17, 15) is 9.59 Å². The highest BCUT2D eigenvalue weighted by Gasteiger charge is 2.17. The largest absolute Gasteiger partial charge is 0.497 e. The average Bonchev–Trinajstić information content (AvgIpc) is 3.19. The van der Waals surface area contributed by atoms with Crippen LogP contribution in [0.5, 0.6) is 5.75 Å². The number of hydrogen-bond acceptors (Lipinski definition) is 6. The van der Waals surface area contributed by atoms with Gasteiger partial charge in [0.15, 0.2) is 4.96 Å². The maximum absolute atomic E-state index is 13.1. The van der Waals surface area contributed by atoms with Crippen molar-refractivity contribution in [2.24, 2.45) is 0 Å². The van der Waals surface area contributed by atoms with Gasteiger partial charge < -0.3 is 10.1 Å². The predicted molar refractivity (Wildman–Crippen MR) is 118 cm³/mol. The molecule has 1 N–H and O–H groups in total. The van der Waals surface area contributed by atoms with Crippen LogP contribution in [-0.4, -0.2) is 28.7 Å². The number of carbonyl (C=O) groups is 1. The molecule has 1 amide bonds. The lowest BCUT2D eigenvalue weighted by atomic mass is 10.1. The van der Waals surface area contributed by atoms with Gasteiger partial charge in [0.1, 0.15) is 11.3 Å². The molecule has 0 bridgehead atoms. The molecule has 0 unspecified atom stereocenters. The zero-order valence-electron chi connectivity index (χ0n) is 15.7. The smallest absolute Gasteiger partial charge is 0.271 e. The number of thiazole rings is 1. The Balaban J connectivity index is 1.75. The molecule has 4 aromatic rings. The minimum atomic E-state index is -0.488. The Hall–Kier alpha value is -3.10. The van der Waals surface area contributed by atoms with Crippen molar-refractivity contribution in [1.82, 2.24) is 9.38 Å². The summed E-state index contributed by atoms with van der Waals surface area (Å²) in [5.74, 6) is 0.198. The second-order valence-electron chi connectivity index (χ2n) is 6.13. The van der Waals surface area contributed by atoms with Gasteiger partial charge in [0, 0.05) is 27.7 Å². The molecule has 8 heteroatoms. The van der Waals surface area contributed by atoms with Gasteiger partial charge in [-0.1, -0.05) is 18.2 Å². The summed E-state index contributed by atoms with van der Waals surface area (Å²) in [6.45, 7) is 0. The van der Waals surface area contributed by atoms with Crippen molar-refractivity contribution >= 4 is 39.7 Å². The second kappa shape index (κ2) is 8.10. The van der Waals surface area contributed by atoms with Gasteiger partial charge in [0.25, 0.3) is 11.5 Å². The van der Waals surface area contributed by atoms with Crippen molar-refractivity contribution in [3.05, 3.63) is 76.0 Å². The third kappa shape index (κ3) is 3.76. The summed E-state index contributed by atoms with van der Waals surface area (Å²) < 4.78 is 6.74. The Morgan fingerprint density at radius 3 is 2.83 bits per heavy atom. The number of benzene rings is 2. The van der Waals surface area contributed by atoms with Crippen LogP contribution in [0, 0.1) is 0 Å². The molecule has 2 aromatic carbocycles. The van der Waals surface area contributed by atoms with Gasteiger partial charge in [-0.05, 0) is 36.6 Å². The molecule has 146 valence electrons. The fourth-order valence-corrected chi connectivity index (χ4v) is 4.25. The number of rotatable bonds is 5. The molecule has 6 nitrogen and oxygen atoms in total. The molecule has 2 heterocycles. The van der Waals surface area contributed by atoms with Gasteiger partial charge in [-0.3, -0.25) is 14.0 Å². The van der Waals surface area contributed by atoms with E-state index in [1.54, 1.807) is 24.9 Å². The van der Waals surface area contributed by atoms with Crippen molar-refractivity contribution < 1.29 is 9.53 Å². The summed E-state index contributed by atoms with van der Waals surface area (Å²) in [5.41, 5.74) is 1.68. The number of nitrogens with zero attached hydrogens (tertiary/aromatic N) is 2. The number of ether oxygens (including phenoxy) is 1. The number of amides is 1. The maximum atomic E-state index is 13.1. The van der Waals surface area contributed by atoms with Gasteiger partial charge in [0.05, 0.1) is 12.8 Å². The lowest BCUT2D eigenvalue weighted by Gasteiger charge is -2.08. The first kappa shape index (κ1) is 19.2. The van der Waals surface area contributed by atoms with E-state index in [2.05, 4.69) is 10.3 Å². The standard InChI is InChI=1S/C21H17N3O3S2/c1-27-15-7-3-5-13(9-15)18-12-29-21-22-11-17(20(26)24(18)21)19(25)23-14-6-4-8-16(10-14)28-2/h3-12H,1-2H3,(H,23,25). The molecule has 0 aliphatic carbocycles. The lowest BCUT2D eigenvalue weighted by molar-refractivity contribution is 0.102. The summed E-state index contributed by atoms with van der Waals surface area (Å²) in [6, 6.07) is 14.9. The molecule has 2 aromatic heterocycles. The minimum Gasteiger partial charge on any atom is -0.497 e. The van der Waals surface area contributed by atoms with Crippen LogP contribution in [0.1, 0.15) is 10.4 Å². The number of anilines is 1. The molecule has 0 saturated heterocycles. The highest BCUT2D eigenvalue weighted by atomic mass is 32.2. The fourth-order valence-electron chi connectivity index (χ4n) is 2.93. The van der Waals surface area contributed by atoms with Crippen LogP contribution in [-0.2, 0) is 0 Å². The summed E-state index contributed by atoms with van der Waals surface area (Å²) in [6.07, 6.45) is 3.29. The molecular weight excluding hydrogens is 406 g/mol. The molecule has 0 radical (unpaired) electrons. The van der Waals surface area contributed by atoms with Crippen molar-refractivity contribution in [3.8, 4) is 17.0 Å². The molecule has 0 fully saturated rings. The average molecular weight is 424 g/mol. The molecule has 0 aliphatic rings. The van der Waals surface area contributed by atoms with E-state index in [0.29, 0.717) is 22.1 Å². The van der Waals surface area contributed by atoms with Crippen LogP contribution in [0.3, 0.4) is 0 Å². The zero-order chi connectivity index (χ0) is 20.4. The first-order valence-corrected chi connectivity index (χ1v) is 10.8. The highest BCUT2D eigenvalue weighted by Crippen LogP contribution is 2.27. The lowest BCUT2D eigenvalue weighted by Crippen LogP contribution is -2.26. The molecule has 4 rings (SSSR count). The Morgan fingerprint density at radius 2 is 2.03 bits per heavy atom. The SMILES string of the molecule is COc1cccc(-c2csc3ncc(C(=O)Nc4cccc(SC)c4)c(=O)n23)c1. The number of methoxy groups -OCH3 is 1. The van der Waals surface area contributed by atoms with Crippen LogP contribution >= 0.6 is 23.1 Å². The molecule has 0 saturated carbocycles. The van der Waals surface area contributed by atoms with Crippen molar-refractivity contribution in [3.63, 3.8) is 0 Å². The van der Waals surface area contributed by atoms with Gasteiger partial charge in [-0.25, -0.2) is 4.98 Å². The van der Waals surface area contributed by atoms with Crippen LogP contribution in [0.25, 0.3) is 16.2 Å². The van der Waals surface area contributed by atoms with E-state index in [-0.39, 0.29) is 5.56 Å². The van der Waals surface area contributed by atoms with Crippen molar-refractivity contribution in [2.45, 2.75) is 4.90 Å². The van der Waals surface area contributed by atoms with E-state index in [0.717, 1.165) is 10.5 Å². The van der Waals surface area contributed by atoms with E-state index >= 15 is 0 Å². The predicted octanol–water partition coefficient (Wildman–Crippen LogP) is 4.41. The Bertz CT molecular complexity index is 1260. The first-order valence-electron chi connectivity index (χ1n) is 8.70. The normalized spacial score (nSPS) is 10.8. The fraction of sp³-hybridized carbons (Fsp3) is 0.0952. The monoisotopic (exact) mass is 423 g/mol. The summed E-state index contributed by atoms with van der Waals surface area (Å²) in [7, 11) is 1.59. The van der Waals surface area contributed by atoms with Gasteiger partial charge in [-0.15, -0.1) is 23.1 Å². The number of thioether (sulfide) groups is 1. The summed E-state index contributed by atoms with van der Waals surface area (Å²) in [4.78, 5) is 31.7. The van der Waals surface area contributed by atoms with E-state index in [1.807, 2.05) is 54.1 Å². The summed E-state index contributed by atoms with van der Waals surface area (Å²) in [5, 5.41) is 4.64. The third-order valence-corrected chi connectivity index (χ3v) is 5.95. The maximum Gasteiger partial charge on any atom is 0.271 e. The highest BCUT2D eigenvalue weighted by molar-refractivity contribution is 7.98.